The Morgan fingerprint density at radius 1 is 0.950 bits per heavy atom. The maximum Gasteiger partial charge on any atom is 0.0886 e. The zero-order chi connectivity index (χ0) is 13.8. The van der Waals surface area contributed by atoms with Gasteiger partial charge in [-0.1, -0.05) is 25.0 Å². The number of aromatic nitrogens is 2. The van der Waals surface area contributed by atoms with Crippen molar-refractivity contribution < 1.29 is 0 Å². The second-order valence-corrected chi connectivity index (χ2v) is 5.93. The SMILES string of the molecule is CN1CCC2CCCCC21.c1ccc2nccnc2c1. The molecule has 0 spiro atoms. The first kappa shape index (κ1) is 13.5. The van der Waals surface area contributed by atoms with E-state index in [-0.39, 0.29) is 0 Å². The molecule has 2 fully saturated rings. The van der Waals surface area contributed by atoms with Crippen molar-refractivity contribution in [3.63, 3.8) is 0 Å². The number of rotatable bonds is 0. The van der Waals surface area contributed by atoms with Gasteiger partial charge in [0, 0.05) is 18.4 Å². The second-order valence-electron chi connectivity index (χ2n) is 5.93. The molecule has 0 radical (unpaired) electrons. The molecule has 20 heavy (non-hydrogen) atoms. The van der Waals surface area contributed by atoms with E-state index in [1.54, 1.807) is 12.4 Å². The molecule has 1 aromatic carbocycles. The molecule has 1 aliphatic carbocycles. The Bertz CT molecular complexity index is 487. The molecule has 106 valence electrons. The van der Waals surface area contributed by atoms with Crippen LogP contribution in [0, 0.1) is 5.92 Å². The smallest absolute Gasteiger partial charge is 0.0886 e. The highest BCUT2D eigenvalue weighted by Gasteiger charge is 2.32. The van der Waals surface area contributed by atoms with E-state index in [1.165, 1.54) is 38.6 Å². The molecule has 1 aliphatic heterocycles. The van der Waals surface area contributed by atoms with E-state index in [0.29, 0.717) is 0 Å². The summed E-state index contributed by atoms with van der Waals surface area (Å²) in [6, 6.07) is 8.77. The Labute approximate surface area is 121 Å². The summed E-state index contributed by atoms with van der Waals surface area (Å²) in [5.74, 6) is 1.07. The van der Waals surface area contributed by atoms with Gasteiger partial charge in [0.2, 0.25) is 0 Å². The van der Waals surface area contributed by atoms with Crippen LogP contribution in [0.5, 0.6) is 0 Å². The molecule has 3 nitrogen and oxygen atoms in total. The third kappa shape index (κ3) is 2.98. The van der Waals surface area contributed by atoms with E-state index in [2.05, 4.69) is 21.9 Å². The minimum atomic E-state index is 0.949. The summed E-state index contributed by atoms with van der Waals surface area (Å²) in [5.41, 5.74) is 1.90. The van der Waals surface area contributed by atoms with Gasteiger partial charge in [-0.05, 0) is 50.9 Å². The van der Waals surface area contributed by atoms with Crippen LogP contribution in [0.25, 0.3) is 11.0 Å². The van der Waals surface area contributed by atoms with Gasteiger partial charge in [-0.3, -0.25) is 9.97 Å². The van der Waals surface area contributed by atoms with Gasteiger partial charge in [0.05, 0.1) is 11.0 Å². The monoisotopic (exact) mass is 269 g/mol. The van der Waals surface area contributed by atoms with Crippen LogP contribution in [0.15, 0.2) is 36.7 Å². The number of hydrogen-bond donors (Lipinski definition) is 0. The molecule has 2 aliphatic rings. The van der Waals surface area contributed by atoms with Crippen LogP contribution >= 0.6 is 0 Å². The average molecular weight is 269 g/mol. The molecule has 1 aromatic heterocycles. The molecule has 0 amide bonds. The van der Waals surface area contributed by atoms with Crippen LogP contribution in [0.2, 0.25) is 0 Å². The van der Waals surface area contributed by atoms with Crippen molar-refractivity contribution >= 4 is 11.0 Å². The summed E-state index contributed by atoms with van der Waals surface area (Å²) < 4.78 is 0. The summed E-state index contributed by atoms with van der Waals surface area (Å²) >= 11 is 0. The van der Waals surface area contributed by atoms with Gasteiger partial charge in [0.15, 0.2) is 0 Å². The maximum absolute atomic E-state index is 4.12. The Balaban J connectivity index is 0.000000121. The zero-order valence-electron chi connectivity index (χ0n) is 12.2. The lowest BCUT2D eigenvalue weighted by Gasteiger charge is -2.28. The molecule has 0 bridgehead atoms. The molecule has 2 aromatic rings. The minimum absolute atomic E-state index is 0.949. The maximum atomic E-state index is 4.12. The third-order valence-electron chi connectivity index (χ3n) is 4.66. The van der Waals surface area contributed by atoms with Crippen LogP contribution in [-0.4, -0.2) is 34.5 Å². The molecule has 4 rings (SSSR count). The van der Waals surface area contributed by atoms with E-state index < -0.39 is 0 Å². The highest BCUT2D eigenvalue weighted by molar-refractivity contribution is 5.72. The van der Waals surface area contributed by atoms with Crippen molar-refractivity contribution in [3.8, 4) is 0 Å². The topological polar surface area (TPSA) is 29.0 Å². The lowest BCUT2D eigenvalue weighted by molar-refractivity contribution is 0.215. The van der Waals surface area contributed by atoms with Crippen LogP contribution in [0.3, 0.4) is 0 Å². The van der Waals surface area contributed by atoms with Crippen LogP contribution in [0.1, 0.15) is 32.1 Å². The summed E-state index contributed by atoms with van der Waals surface area (Å²) in [6.45, 7) is 1.36. The molecular formula is C17H23N3. The van der Waals surface area contributed by atoms with Crippen molar-refractivity contribution in [1.82, 2.24) is 14.9 Å². The molecular weight excluding hydrogens is 246 g/mol. The predicted molar refractivity (Wildman–Crippen MR) is 82.5 cm³/mol. The number of benzene rings is 1. The first-order valence-corrected chi connectivity index (χ1v) is 7.70. The van der Waals surface area contributed by atoms with Crippen molar-refractivity contribution in [3.05, 3.63) is 36.7 Å². The molecule has 1 saturated carbocycles. The summed E-state index contributed by atoms with van der Waals surface area (Å²) in [4.78, 5) is 10.8. The number of nitrogens with zero attached hydrogens (tertiary/aromatic N) is 3. The number of fused-ring (bicyclic) bond motifs is 2. The number of hydrogen-bond acceptors (Lipinski definition) is 3. The lowest BCUT2D eigenvalue weighted by atomic mass is 9.85. The Kier molecular flexibility index (Phi) is 4.26. The van der Waals surface area contributed by atoms with Gasteiger partial charge in [-0.2, -0.15) is 0 Å². The normalized spacial score (nSPS) is 25.9. The average Bonchev–Trinajstić information content (AvgIpc) is 2.90. The zero-order valence-corrected chi connectivity index (χ0v) is 12.2. The minimum Gasteiger partial charge on any atom is -0.303 e. The van der Waals surface area contributed by atoms with E-state index in [4.69, 9.17) is 0 Å². The van der Waals surface area contributed by atoms with Crippen molar-refractivity contribution in [1.29, 1.82) is 0 Å². The lowest BCUT2D eigenvalue weighted by Crippen LogP contribution is -2.31. The van der Waals surface area contributed by atoms with Crippen LogP contribution in [-0.2, 0) is 0 Å². The van der Waals surface area contributed by atoms with Crippen molar-refractivity contribution in [2.45, 2.75) is 38.1 Å². The fraction of sp³-hybridized carbons (Fsp3) is 0.529. The van der Waals surface area contributed by atoms with E-state index in [1.807, 2.05) is 24.3 Å². The molecule has 2 unspecified atom stereocenters. The fourth-order valence-corrected chi connectivity index (χ4v) is 3.55. The Morgan fingerprint density at radius 3 is 2.25 bits per heavy atom. The van der Waals surface area contributed by atoms with E-state index in [0.717, 1.165) is 23.0 Å². The standard InChI is InChI=1S/C9H17N.C8H6N2/c1-10-7-6-8-4-2-3-5-9(8)10;1-2-4-8-7(3-1)9-5-6-10-8/h8-9H,2-7H2,1H3;1-6H. The van der Waals surface area contributed by atoms with E-state index in [9.17, 15) is 0 Å². The van der Waals surface area contributed by atoms with Gasteiger partial charge in [-0.15, -0.1) is 0 Å². The quantitative estimate of drug-likeness (QED) is 0.733. The second kappa shape index (κ2) is 6.31. The molecule has 2 heterocycles. The van der Waals surface area contributed by atoms with Gasteiger partial charge in [0.1, 0.15) is 0 Å². The van der Waals surface area contributed by atoms with Crippen LogP contribution < -0.4 is 0 Å². The van der Waals surface area contributed by atoms with Gasteiger partial charge in [-0.25, -0.2) is 0 Å². The molecule has 2 atom stereocenters. The van der Waals surface area contributed by atoms with Gasteiger partial charge < -0.3 is 4.90 Å². The van der Waals surface area contributed by atoms with Crippen molar-refractivity contribution in [2.75, 3.05) is 13.6 Å². The van der Waals surface area contributed by atoms with Gasteiger partial charge >= 0.3 is 0 Å². The van der Waals surface area contributed by atoms with Crippen LogP contribution in [0.4, 0.5) is 0 Å². The highest BCUT2D eigenvalue weighted by atomic mass is 15.2. The number of para-hydroxylation sites is 2. The molecule has 1 saturated heterocycles. The third-order valence-corrected chi connectivity index (χ3v) is 4.66. The predicted octanol–water partition coefficient (Wildman–Crippen LogP) is 3.51. The fourth-order valence-electron chi connectivity index (χ4n) is 3.55. The first-order valence-electron chi connectivity index (χ1n) is 7.70. The Hall–Kier alpha value is -1.48. The van der Waals surface area contributed by atoms with E-state index >= 15 is 0 Å². The largest absolute Gasteiger partial charge is 0.303 e. The number of likely N-dealkylation sites (tertiary alicyclic amines) is 1. The first-order chi connectivity index (χ1) is 9.84. The molecule has 0 N–H and O–H groups in total. The summed E-state index contributed by atoms with van der Waals surface area (Å²) in [7, 11) is 2.29. The highest BCUT2D eigenvalue weighted by Crippen LogP contribution is 2.34. The Morgan fingerprint density at radius 2 is 1.60 bits per heavy atom. The van der Waals surface area contributed by atoms with Crippen molar-refractivity contribution in [2.24, 2.45) is 5.92 Å². The summed E-state index contributed by atoms with van der Waals surface area (Å²) in [6.07, 6.45) is 10.8. The summed E-state index contributed by atoms with van der Waals surface area (Å²) in [5, 5.41) is 0. The molecule has 3 heteroatoms. The van der Waals surface area contributed by atoms with Gasteiger partial charge in [0.25, 0.3) is 0 Å².